The van der Waals surface area contributed by atoms with Crippen molar-refractivity contribution in [2.45, 2.75) is 16.0 Å². The quantitative estimate of drug-likeness (QED) is 0.770. The highest BCUT2D eigenvalue weighted by Gasteiger charge is 2.22. The van der Waals surface area contributed by atoms with Crippen molar-refractivity contribution < 1.29 is 16.8 Å². The first kappa shape index (κ1) is 16.3. The van der Waals surface area contributed by atoms with E-state index in [1.807, 2.05) is 0 Å². The van der Waals surface area contributed by atoms with E-state index in [2.05, 4.69) is 30.6 Å². The van der Waals surface area contributed by atoms with E-state index >= 15 is 0 Å². The predicted molar refractivity (Wildman–Crippen MR) is 81.0 cm³/mol. The molecule has 8 nitrogen and oxygen atoms in total. The fraction of sp³-hybridized carbons (Fsp3) is 0.111. The van der Waals surface area contributed by atoms with Gasteiger partial charge < -0.3 is 0 Å². The number of primary sulfonamides is 1. The number of pyridine rings is 1. The third kappa shape index (κ3) is 3.77. The summed E-state index contributed by atoms with van der Waals surface area (Å²) in [4.78, 5) is 7.52. The molecule has 0 bridgehead atoms. The molecule has 0 saturated carbocycles. The number of rotatable bonds is 4. The molecule has 3 N–H and O–H groups in total. The second-order valence-corrected chi connectivity index (χ2v) is 9.24. The van der Waals surface area contributed by atoms with E-state index in [0.29, 0.717) is 15.8 Å². The first-order chi connectivity index (χ1) is 9.59. The third-order valence-corrected chi connectivity index (χ3v) is 6.72. The largest absolute Gasteiger partial charge is 0.265 e. The zero-order chi connectivity index (χ0) is 15.8. The lowest BCUT2D eigenvalue weighted by atomic mass is 10.5. The van der Waals surface area contributed by atoms with Crippen molar-refractivity contribution in [2.24, 2.45) is 5.14 Å². The van der Waals surface area contributed by atoms with Gasteiger partial charge in [-0.25, -0.2) is 27.0 Å². The number of nitrogens with two attached hydrogens (primary N) is 1. The van der Waals surface area contributed by atoms with Crippen molar-refractivity contribution in [3.05, 3.63) is 28.6 Å². The zero-order valence-corrected chi connectivity index (χ0v) is 14.5. The molecule has 0 spiro atoms. The molecule has 0 fully saturated rings. The Labute approximate surface area is 133 Å². The predicted octanol–water partition coefficient (Wildman–Crippen LogP) is 1.06. The lowest BCUT2D eigenvalue weighted by Crippen LogP contribution is -2.13. The van der Waals surface area contributed by atoms with E-state index in [1.165, 1.54) is 19.2 Å². The molecular weight excluding hydrogens is 404 g/mol. The van der Waals surface area contributed by atoms with Gasteiger partial charge in [-0.2, -0.15) is 0 Å². The second kappa shape index (κ2) is 5.61. The van der Waals surface area contributed by atoms with E-state index in [0.717, 1.165) is 6.20 Å². The number of anilines is 1. The molecule has 2 rings (SSSR count). The lowest BCUT2D eigenvalue weighted by Gasteiger charge is -2.04. The number of aryl methyl sites for hydroxylation is 1. The highest BCUT2D eigenvalue weighted by molar-refractivity contribution is 9.10. The Bertz CT molecular complexity index is 891. The molecule has 21 heavy (non-hydrogen) atoms. The van der Waals surface area contributed by atoms with Gasteiger partial charge >= 0.3 is 0 Å². The molecule has 0 radical (unpaired) electrons. The fourth-order valence-corrected chi connectivity index (χ4v) is 5.00. The average molecular weight is 413 g/mol. The monoisotopic (exact) mass is 412 g/mol. The average Bonchev–Trinajstić information content (AvgIpc) is 2.69. The maximum absolute atomic E-state index is 12.1. The maximum Gasteiger partial charge on any atom is 0.265 e. The summed E-state index contributed by atoms with van der Waals surface area (Å²) in [5.74, 6) is 0. The van der Waals surface area contributed by atoms with Crippen molar-refractivity contribution in [1.29, 1.82) is 0 Å². The number of nitrogens with one attached hydrogen (secondary N) is 1. The van der Waals surface area contributed by atoms with E-state index in [4.69, 9.17) is 5.14 Å². The molecule has 0 unspecified atom stereocenters. The highest BCUT2D eigenvalue weighted by atomic mass is 79.9. The van der Waals surface area contributed by atoms with Gasteiger partial charge in [-0.15, -0.1) is 0 Å². The van der Waals surface area contributed by atoms with Crippen LogP contribution in [0.15, 0.2) is 32.0 Å². The van der Waals surface area contributed by atoms with Crippen molar-refractivity contribution in [3.63, 3.8) is 0 Å². The summed E-state index contributed by atoms with van der Waals surface area (Å²) in [7, 11) is -7.85. The van der Waals surface area contributed by atoms with Crippen molar-refractivity contribution >= 4 is 52.4 Å². The molecular formula is C9H9BrN4O4S3. The molecule has 0 aliphatic heterocycles. The molecule has 2 heterocycles. The number of hydrogen-bond acceptors (Lipinski definition) is 7. The van der Waals surface area contributed by atoms with Crippen LogP contribution in [0.3, 0.4) is 0 Å². The van der Waals surface area contributed by atoms with Crippen LogP contribution in [0.4, 0.5) is 5.13 Å². The summed E-state index contributed by atoms with van der Waals surface area (Å²) in [5, 5.41) is 4.93. The van der Waals surface area contributed by atoms with Crippen LogP contribution in [0.5, 0.6) is 0 Å². The first-order valence-electron chi connectivity index (χ1n) is 5.23. The van der Waals surface area contributed by atoms with Gasteiger partial charge in [0.15, 0.2) is 9.34 Å². The highest BCUT2D eigenvalue weighted by Crippen LogP contribution is 2.28. The molecule has 0 aliphatic carbocycles. The van der Waals surface area contributed by atoms with Crippen molar-refractivity contribution in [2.75, 3.05) is 4.72 Å². The standard InChI is InChI=1S/C9H9BrN4O4S3/c1-5-8(20(11,15)16)19-9(13-5)14-21(17,18)7-2-6(10)3-12-4-7/h2-4H,1H3,(H,13,14)(H2,11,15,16). The summed E-state index contributed by atoms with van der Waals surface area (Å²) >= 11 is 3.76. The molecule has 12 heteroatoms. The van der Waals surface area contributed by atoms with Crippen molar-refractivity contribution in [3.8, 4) is 0 Å². The molecule has 0 amide bonds. The molecule has 2 aromatic heterocycles. The third-order valence-electron chi connectivity index (χ3n) is 2.22. The fourth-order valence-electron chi connectivity index (χ4n) is 1.40. The van der Waals surface area contributed by atoms with Gasteiger partial charge in [0.2, 0.25) is 10.0 Å². The number of hydrogen-bond donors (Lipinski definition) is 2. The van der Waals surface area contributed by atoms with Gasteiger partial charge in [-0.3, -0.25) is 9.71 Å². The lowest BCUT2D eigenvalue weighted by molar-refractivity contribution is 0.598. The Morgan fingerprint density at radius 3 is 2.48 bits per heavy atom. The van der Waals surface area contributed by atoms with Crippen molar-refractivity contribution in [1.82, 2.24) is 9.97 Å². The Hall–Kier alpha value is -1.08. The van der Waals surface area contributed by atoms with Gasteiger partial charge in [-0.1, -0.05) is 11.3 Å². The molecule has 0 saturated heterocycles. The van der Waals surface area contributed by atoms with Crippen LogP contribution in [0.25, 0.3) is 0 Å². The molecule has 0 aliphatic rings. The Kier molecular flexibility index (Phi) is 4.35. The van der Waals surface area contributed by atoms with Gasteiger partial charge in [0.1, 0.15) is 4.90 Å². The minimum absolute atomic E-state index is 0.0816. The number of halogens is 1. The number of sulfonamides is 2. The van der Waals surface area contributed by atoms with E-state index in [9.17, 15) is 16.8 Å². The van der Waals surface area contributed by atoms with Gasteiger partial charge in [0, 0.05) is 16.9 Å². The van der Waals surface area contributed by atoms with Crippen LogP contribution in [0.2, 0.25) is 0 Å². The molecule has 0 atom stereocenters. The van der Waals surface area contributed by atoms with Crippen LogP contribution in [-0.4, -0.2) is 26.8 Å². The number of nitrogens with zero attached hydrogens (tertiary/aromatic N) is 2. The van der Waals surface area contributed by atoms with Crippen LogP contribution in [0.1, 0.15) is 5.69 Å². The topological polar surface area (TPSA) is 132 Å². The normalized spacial score (nSPS) is 12.3. The summed E-state index contributed by atoms with van der Waals surface area (Å²) < 4.78 is 49.4. The minimum Gasteiger partial charge on any atom is -0.262 e. The van der Waals surface area contributed by atoms with Crippen LogP contribution in [-0.2, 0) is 20.0 Å². The molecule has 2 aromatic rings. The zero-order valence-electron chi connectivity index (χ0n) is 10.4. The van der Waals surface area contributed by atoms with Gasteiger partial charge in [0.05, 0.1) is 5.69 Å². The van der Waals surface area contributed by atoms with Crippen LogP contribution in [0, 0.1) is 6.92 Å². The Morgan fingerprint density at radius 1 is 1.29 bits per heavy atom. The molecule has 114 valence electrons. The first-order valence-corrected chi connectivity index (χ1v) is 9.87. The Balaban J connectivity index is 2.38. The SMILES string of the molecule is Cc1nc(NS(=O)(=O)c2cncc(Br)c2)sc1S(N)(=O)=O. The van der Waals surface area contributed by atoms with E-state index in [-0.39, 0.29) is 19.9 Å². The summed E-state index contributed by atoms with van der Waals surface area (Å²) in [6.45, 7) is 1.43. The van der Waals surface area contributed by atoms with Gasteiger partial charge in [0.25, 0.3) is 10.0 Å². The summed E-state index contributed by atoms with van der Waals surface area (Å²) in [5.41, 5.74) is 0.132. The number of thiazole rings is 1. The Morgan fingerprint density at radius 2 is 1.95 bits per heavy atom. The van der Waals surface area contributed by atoms with Crippen LogP contribution < -0.4 is 9.86 Å². The maximum atomic E-state index is 12.1. The van der Waals surface area contributed by atoms with E-state index in [1.54, 1.807) is 0 Å². The summed E-state index contributed by atoms with van der Waals surface area (Å²) in [6, 6.07) is 1.36. The van der Waals surface area contributed by atoms with Crippen LogP contribution >= 0.6 is 27.3 Å². The van der Waals surface area contributed by atoms with E-state index < -0.39 is 20.0 Å². The minimum atomic E-state index is -3.94. The number of aromatic nitrogens is 2. The summed E-state index contributed by atoms with van der Waals surface area (Å²) in [6.07, 6.45) is 2.60. The second-order valence-electron chi connectivity index (χ2n) is 3.88. The van der Waals surface area contributed by atoms with Gasteiger partial charge in [-0.05, 0) is 28.9 Å². The molecule has 0 aromatic carbocycles. The smallest absolute Gasteiger partial charge is 0.262 e.